The van der Waals surface area contributed by atoms with Crippen LogP contribution in [0.15, 0.2) is 11.6 Å². The van der Waals surface area contributed by atoms with Crippen LogP contribution in [-0.4, -0.2) is 66.3 Å². The van der Waals surface area contributed by atoms with Gasteiger partial charge in [-0.15, -0.1) is 0 Å². The van der Waals surface area contributed by atoms with Crippen molar-refractivity contribution < 1.29 is 50.7 Å². The van der Waals surface area contributed by atoms with Gasteiger partial charge in [-0.25, -0.2) is 9.59 Å². The summed E-state index contributed by atoms with van der Waals surface area (Å²) in [6, 6.07) is 0. The standard InChI is InChI=1S/C17H22F2O9S/c1-15(22)5-10-4-11-6-16(9-15,7-12(10)11)28-3-2-26-13(20)8-27-14(21)17(18,19)29(23,24)25/h5,11-12,22H,2-4,6-9H2,1H3,(H,23,24,25). The van der Waals surface area contributed by atoms with Gasteiger partial charge in [0.25, 0.3) is 0 Å². The predicted molar refractivity (Wildman–Crippen MR) is 91.3 cm³/mol. The van der Waals surface area contributed by atoms with Crippen LogP contribution in [0, 0.1) is 11.8 Å². The monoisotopic (exact) mass is 440 g/mol. The van der Waals surface area contributed by atoms with Crippen LogP contribution >= 0.6 is 0 Å². The van der Waals surface area contributed by atoms with E-state index in [2.05, 4.69) is 4.74 Å². The van der Waals surface area contributed by atoms with Gasteiger partial charge >= 0.3 is 27.3 Å². The number of carbonyl (C=O) groups is 2. The molecule has 0 aliphatic heterocycles. The molecule has 0 aromatic rings. The fraction of sp³-hybridized carbons (Fsp3) is 0.765. The number of allylic oxidation sites excluding steroid dienone is 1. The first-order valence-corrected chi connectivity index (χ1v) is 10.4. The molecule has 3 rings (SSSR count). The van der Waals surface area contributed by atoms with Crippen molar-refractivity contribution in [3.63, 3.8) is 0 Å². The minimum atomic E-state index is -6.01. The normalized spacial score (nSPS) is 33.3. The Balaban J connectivity index is 1.42. The van der Waals surface area contributed by atoms with Gasteiger partial charge in [0, 0.05) is 6.42 Å². The summed E-state index contributed by atoms with van der Waals surface area (Å²) in [5, 5.41) is 5.33. The summed E-state index contributed by atoms with van der Waals surface area (Å²) in [4.78, 5) is 22.5. The highest BCUT2D eigenvalue weighted by Gasteiger charge is 2.57. The first kappa shape index (κ1) is 22.1. The van der Waals surface area contributed by atoms with Crippen LogP contribution in [0.5, 0.6) is 0 Å². The molecule has 2 fully saturated rings. The lowest BCUT2D eigenvalue weighted by Gasteiger charge is -2.39. The molecule has 4 unspecified atom stereocenters. The molecule has 4 atom stereocenters. The fourth-order valence-electron chi connectivity index (χ4n) is 4.56. The number of fused-ring (bicyclic) bond motifs is 1. The van der Waals surface area contributed by atoms with Gasteiger partial charge in [-0.1, -0.05) is 11.6 Å². The van der Waals surface area contributed by atoms with Gasteiger partial charge in [0.1, 0.15) is 6.61 Å². The summed E-state index contributed by atoms with van der Waals surface area (Å²) < 4.78 is 69.6. The van der Waals surface area contributed by atoms with Gasteiger partial charge in [0.05, 0.1) is 17.8 Å². The first-order chi connectivity index (χ1) is 13.2. The number of ether oxygens (including phenoxy) is 3. The second-order valence-electron chi connectivity index (χ2n) is 8.05. The highest BCUT2D eigenvalue weighted by atomic mass is 32.2. The lowest BCUT2D eigenvalue weighted by molar-refractivity contribution is -0.171. The molecule has 9 nitrogen and oxygen atoms in total. The van der Waals surface area contributed by atoms with Gasteiger partial charge in [-0.05, 0) is 38.0 Å². The van der Waals surface area contributed by atoms with Crippen molar-refractivity contribution in [1.29, 1.82) is 0 Å². The maximum atomic E-state index is 13.0. The van der Waals surface area contributed by atoms with E-state index in [1.165, 1.54) is 5.57 Å². The number of rotatable bonds is 8. The van der Waals surface area contributed by atoms with Crippen LogP contribution in [0.1, 0.15) is 32.6 Å². The molecule has 2 saturated carbocycles. The molecular weight excluding hydrogens is 418 g/mol. The van der Waals surface area contributed by atoms with Crippen molar-refractivity contribution in [2.75, 3.05) is 19.8 Å². The second kappa shape index (κ2) is 7.25. The van der Waals surface area contributed by atoms with E-state index in [0.717, 1.165) is 19.3 Å². The topological polar surface area (TPSA) is 136 Å². The summed E-state index contributed by atoms with van der Waals surface area (Å²) >= 11 is 0. The molecule has 12 heteroatoms. The SMILES string of the molecule is CC1(O)C=C2CC3CC(OCCOC(=O)COC(=O)C(F)(F)S(=O)(=O)O)(CC23)C1. The number of hydrogen-bond donors (Lipinski definition) is 2. The molecule has 3 aliphatic rings. The van der Waals surface area contributed by atoms with E-state index < -0.39 is 45.1 Å². The van der Waals surface area contributed by atoms with Gasteiger partial charge < -0.3 is 19.3 Å². The highest BCUT2D eigenvalue weighted by Crippen LogP contribution is 2.60. The van der Waals surface area contributed by atoms with Gasteiger partial charge in [-0.3, -0.25) is 4.55 Å². The van der Waals surface area contributed by atoms with E-state index in [1.807, 2.05) is 6.08 Å². The van der Waals surface area contributed by atoms with Crippen LogP contribution in [-0.2, 0) is 33.9 Å². The zero-order valence-electron chi connectivity index (χ0n) is 15.6. The number of alkyl halides is 2. The molecular formula is C17H22F2O9S. The average molecular weight is 440 g/mol. The molecule has 2 bridgehead atoms. The van der Waals surface area contributed by atoms with Crippen LogP contribution < -0.4 is 0 Å². The number of hydrogen-bond acceptors (Lipinski definition) is 8. The van der Waals surface area contributed by atoms with Gasteiger partial charge in [-0.2, -0.15) is 17.2 Å². The van der Waals surface area contributed by atoms with Crippen molar-refractivity contribution >= 4 is 22.1 Å². The second-order valence-corrected chi connectivity index (χ2v) is 9.51. The van der Waals surface area contributed by atoms with Gasteiger partial charge in [0.15, 0.2) is 6.61 Å². The Morgan fingerprint density at radius 1 is 1.28 bits per heavy atom. The lowest BCUT2D eigenvalue weighted by Crippen LogP contribution is -2.41. The summed E-state index contributed by atoms with van der Waals surface area (Å²) in [6.07, 6.45) is 4.82. The largest absolute Gasteiger partial charge is 0.465 e. The summed E-state index contributed by atoms with van der Waals surface area (Å²) in [5.41, 5.74) is -0.277. The van der Waals surface area contributed by atoms with E-state index in [-0.39, 0.29) is 13.2 Å². The van der Waals surface area contributed by atoms with E-state index in [1.54, 1.807) is 6.92 Å². The average Bonchev–Trinajstić information content (AvgIpc) is 2.80. The van der Waals surface area contributed by atoms with Crippen molar-refractivity contribution in [3.05, 3.63) is 11.6 Å². The quantitative estimate of drug-likeness (QED) is 0.243. The Labute approximate surface area is 165 Å². The number of carbonyl (C=O) groups excluding carboxylic acids is 2. The molecule has 0 saturated heterocycles. The Morgan fingerprint density at radius 3 is 2.62 bits per heavy atom. The molecule has 2 N–H and O–H groups in total. The maximum Gasteiger partial charge on any atom is 0.465 e. The van der Waals surface area contributed by atoms with E-state index >= 15 is 0 Å². The van der Waals surface area contributed by atoms with Crippen molar-refractivity contribution in [1.82, 2.24) is 0 Å². The van der Waals surface area contributed by atoms with E-state index in [9.17, 15) is 31.9 Å². The molecule has 3 aliphatic carbocycles. The third-order valence-corrected chi connectivity index (χ3v) is 6.40. The summed E-state index contributed by atoms with van der Waals surface area (Å²) in [7, 11) is -6.01. The van der Waals surface area contributed by atoms with Crippen molar-refractivity contribution in [3.8, 4) is 0 Å². The number of esters is 2. The molecule has 0 heterocycles. The van der Waals surface area contributed by atoms with Crippen LogP contribution in [0.3, 0.4) is 0 Å². The Morgan fingerprint density at radius 2 is 1.97 bits per heavy atom. The van der Waals surface area contributed by atoms with E-state index in [0.29, 0.717) is 18.3 Å². The number of halogens is 2. The van der Waals surface area contributed by atoms with Crippen LogP contribution in [0.25, 0.3) is 0 Å². The maximum absolute atomic E-state index is 13.0. The summed E-state index contributed by atoms with van der Waals surface area (Å²) in [6.45, 7) is 0.216. The van der Waals surface area contributed by atoms with Crippen molar-refractivity contribution in [2.24, 2.45) is 11.8 Å². The van der Waals surface area contributed by atoms with Crippen LogP contribution in [0.2, 0.25) is 0 Å². The smallest absolute Gasteiger partial charge is 0.461 e. The molecule has 0 radical (unpaired) electrons. The molecule has 164 valence electrons. The predicted octanol–water partition coefficient (Wildman–Crippen LogP) is 0.820. The van der Waals surface area contributed by atoms with Crippen LogP contribution in [0.4, 0.5) is 8.78 Å². The molecule has 29 heavy (non-hydrogen) atoms. The summed E-state index contributed by atoms with van der Waals surface area (Å²) in [5.74, 6) is -2.86. The number of aliphatic hydroxyl groups is 1. The molecule has 0 aromatic carbocycles. The van der Waals surface area contributed by atoms with Crippen molar-refractivity contribution in [2.45, 2.75) is 49.1 Å². The Bertz CT molecular complexity index is 836. The minimum Gasteiger partial charge on any atom is -0.461 e. The first-order valence-electron chi connectivity index (χ1n) is 9.00. The highest BCUT2D eigenvalue weighted by molar-refractivity contribution is 7.87. The minimum absolute atomic E-state index is 0.00822. The van der Waals surface area contributed by atoms with Gasteiger partial charge in [0.2, 0.25) is 0 Å². The third kappa shape index (κ3) is 4.44. The van der Waals surface area contributed by atoms with E-state index in [4.69, 9.17) is 14.0 Å². The fourth-order valence-corrected chi connectivity index (χ4v) is 4.83. The zero-order valence-corrected chi connectivity index (χ0v) is 16.4. The lowest BCUT2D eigenvalue weighted by atomic mass is 9.69. The Hall–Kier alpha value is -1.63. The molecule has 0 spiro atoms. The zero-order chi connectivity index (χ0) is 21.7. The Kier molecular flexibility index (Phi) is 5.52. The molecule has 0 aromatic heterocycles. The third-order valence-electron chi connectivity index (χ3n) is 5.58. The molecule has 0 amide bonds.